The third-order valence-corrected chi connectivity index (χ3v) is 20.4. The molecule has 10 atom stereocenters. The monoisotopic (exact) mass is 1220 g/mol. The highest BCUT2D eigenvalue weighted by Crippen LogP contribution is 2.70. The number of phosphoric acid groups is 1. The number of amides is 1. The van der Waals surface area contributed by atoms with Gasteiger partial charge in [0.15, 0.2) is 24.3 Å². The molecule has 3 N–H and O–H groups in total. The highest BCUT2D eigenvalue weighted by molar-refractivity contribution is 7.49. The van der Waals surface area contributed by atoms with Crippen molar-refractivity contribution in [2.45, 2.75) is 232 Å². The van der Waals surface area contributed by atoms with Gasteiger partial charge in [-0.15, -0.1) is 0 Å². The fourth-order valence-electron chi connectivity index (χ4n) is 14.7. The highest BCUT2D eigenvalue weighted by Gasteiger charge is 2.76. The van der Waals surface area contributed by atoms with Gasteiger partial charge in [-0.3, -0.25) is 23.4 Å². The van der Waals surface area contributed by atoms with Crippen LogP contribution in [0.25, 0.3) is 0 Å². The molecule has 0 bridgehead atoms. The first kappa shape index (κ1) is 67.6. The first-order valence-electron chi connectivity index (χ1n) is 32.0. The molecular formula is C68H101N2O15P. The van der Waals surface area contributed by atoms with E-state index in [9.17, 15) is 29.2 Å². The second-order valence-corrected chi connectivity index (χ2v) is 30.0. The molecule has 8 rings (SSSR count). The molecule has 1 amide bonds. The normalized spacial score (nSPS) is 28.0. The summed E-state index contributed by atoms with van der Waals surface area (Å²) in [6.07, 6.45) is 15.4. The lowest BCUT2D eigenvalue weighted by Crippen LogP contribution is -2.63. The van der Waals surface area contributed by atoms with Crippen LogP contribution in [-0.2, 0) is 64.6 Å². The summed E-state index contributed by atoms with van der Waals surface area (Å²) in [4.78, 5) is 56.9. The number of hydrogen-bond acceptors (Lipinski definition) is 16. The molecule has 6 aliphatic rings. The molecule has 18 heteroatoms. The summed E-state index contributed by atoms with van der Waals surface area (Å²) in [5, 5.41) is 27.4. The molecule has 1 aliphatic heterocycles. The lowest BCUT2D eigenvalue weighted by molar-refractivity contribution is -0.210. The maximum atomic E-state index is 15.2. The number of esters is 1. The highest BCUT2D eigenvalue weighted by atomic mass is 31.2. The third kappa shape index (κ3) is 16.7. The van der Waals surface area contributed by atoms with Gasteiger partial charge in [0.1, 0.15) is 11.4 Å². The van der Waals surface area contributed by atoms with Crippen molar-refractivity contribution in [2.24, 2.45) is 34.5 Å². The molecule has 2 aromatic rings. The molecule has 1 unspecified atom stereocenters. The van der Waals surface area contributed by atoms with Gasteiger partial charge >= 0.3 is 19.9 Å². The van der Waals surface area contributed by atoms with Crippen molar-refractivity contribution in [3.05, 3.63) is 89.0 Å². The van der Waals surface area contributed by atoms with E-state index in [1.165, 1.54) is 10.5 Å². The van der Waals surface area contributed by atoms with Crippen LogP contribution in [0.4, 0.5) is 4.79 Å². The summed E-state index contributed by atoms with van der Waals surface area (Å²) in [5.74, 6) is -1.13. The Morgan fingerprint density at radius 2 is 1.55 bits per heavy atom. The summed E-state index contributed by atoms with van der Waals surface area (Å²) < 4.78 is 64.3. The summed E-state index contributed by atoms with van der Waals surface area (Å²) in [6.45, 7) is 20.6. The summed E-state index contributed by atoms with van der Waals surface area (Å²) >= 11 is 0. The lowest BCUT2D eigenvalue weighted by Gasteiger charge is -2.59. The fraction of sp³-hybridized carbons (Fsp3) is 0.706. The van der Waals surface area contributed by atoms with Crippen molar-refractivity contribution in [3.8, 4) is 5.75 Å². The van der Waals surface area contributed by atoms with Crippen molar-refractivity contribution in [2.75, 3.05) is 39.5 Å². The number of rotatable bonds is 27. The van der Waals surface area contributed by atoms with Crippen LogP contribution in [0.5, 0.6) is 5.75 Å². The van der Waals surface area contributed by atoms with E-state index in [-0.39, 0.29) is 61.3 Å². The topological polar surface area (TPSA) is 215 Å². The van der Waals surface area contributed by atoms with Crippen LogP contribution in [0.3, 0.4) is 0 Å². The van der Waals surface area contributed by atoms with Gasteiger partial charge in [0.05, 0.1) is 42.6 Å². The molecule has 5 fully saturated rings. The number of aliphatic hydroxyl groups excluding tert-OH is 2. The zero-order valence-corrected chi connectivity index (χ0v) is 54.2. The van der Waals surface area contributed by atoms with Gasteiger partial charge in [-0.05, 0) is 180 Å². The predicted molar refractivity (Wildman–Crippen MR) is 328 cm³/mol. The SMILES string of the molecule is CC(C)(C)OC(=O)N(CCCCCCOCCCCc1ccccc1)CC(O)c1ccc(OP(=O)(OC(C)(C)C)OC(C)(C)C)c(CNCC(=O)OCC(=O)[C@@]23O[C@H](C4CCCCC4)O[C@@H]2C[C@H]2[C@@H]4CCC5=CC(=O)C=C[C@]5(C)[C@H]4[C@@H](O)C[C@@]23C)c1. The predicted octanol–water partition coefficient (Wildman–Crippen LogP) is 12.8. The largest absolute Gasteiger partial charge is 0.531 e. The minimum Gasteiger partial charge on any atom is -0.457 e. The van der Waals surface area contributed by atoms with Crippen LogP contribution < -0.4 is 9.84 Å². The number of carbonyl (C=O) groups excluding carboxylic acids is 4. The number of benzene rings is 2. The van der Waals surface area contributed by atoms with Crippen LogP contribution in [0.1, 0.15) is 195 Å². The van der Waals surface area contributed by atoms with Crippen LogP contribution in [0.2, 0.25) is 0 Å². The molecule has 5 aliphatic carbocycles. The number of carbonyl (C=O) groups is 4. The van der Waals surface area contributed by atoms with Gasteiger partial charge in [-0.25, -0.2) is 9.36 Å². The minimum atomic E-state index is -4.35. The van der Waals surface area contributed by atoms with Crippen LogP contribution in [0.15, 0.2) is 72.3 Å². The lowest BCUT2D eigenvalue weighted by atomic mass is 9.46. The molecule has 2 aromatic carbocycles. The second-order valence-electron chi connectivity index (χ2n) is 28.6. The Morgan fingerprint density at radius 1 is 0.860 bits per heavy atom. The maximum absolute atomic E-state index is 15.2. The molecule has 478 valence electrons. The number of nitrogens with zero attached hydrogens (tertiary/aromatic N) is 1. The van der Waals surface area contributed by atoms with E-state index in [1.54, 1.807) is 92.7 Å². The number of ether oxygens (including phenoxy) is 5. The average Bonchev–Trinajstić information content (AvgIpc) is 1.48. The number of ketones is 2. The zero-order chi connectivity index (χ0) is 62.3. The van der Waals surface area contributed by atoms with Crippen molar-refractivity contribution < 1.29 is 71.2 Å². The quantitative estimate of drug-likeness (QED) is 0.0431. The van der Waals surface area contributed by atoms with Crippen molar-refractivity contribution in [1.29, 1.82) is 0 Å². The van der Waals surface area contributed by atoms with Crippen LogP contribution in [-0.4, -0.2) is 119 Å². The Morgan fingerprint density at radius 3 is 2.23 bits per heavy atom. The van der Waals surface area contributed by atoms with Crippen molar-refractivity contribution in [3.63, 3.8) is 0 Å². The van der Waals surface area contributed by atoms with Gasteiger partial charge in [0.25, 0.3) is 0 Å². The number of aliphatic hydroxyl groups is 2. The molecular weight excluding hydrogens is 1120 g/mol. The fourth-order valence-corrected chi connectivity index (χ4v) is 16.6. The minimum absolute atomic E-state index is 0.0229. The second kappa shape index (κ2) is 28.3. The summed E-state index contributed by atoms with van der Waals surface area (Å²) in [5.41, 5.74) is -2.35. The van der Waals surface area contributed by atoms with Gasteiger partial charge in [-0.2, -0.15) is 0 Å². The van der Waals surface area contributed by atoms with E-state index in [2.05, 4.69) is 43.4 Å². The van der Waals surface area contributed by atoms with Crippen LogP contribution in [0, 0.1) is 34.5 Å². The van der Waals surface area contributed by atoms with E-state index in [1.807, 2.05) is 12.1 Å². The number of aryl methyl sites for hydroxylation is 1. The van der Waals surface area contributed by atoms with Gasteiger partial charge in [0, 0.05) is 54.5 Å². The van der Waals surface area contributed by atoms with E-state index in [4.69, 9.17) is 37.3 Å². The molecule has 1 heterocycles. The Balaban J connectivity index is 0.937. The van der Waals surface area contributed by atoms with Crippen molar-refractivity contribution >= 4 is 31.5 Å². The number of unbranched alkanes of at least 4 members (excludes halogenated alkanes) is 4. The number of hydrogen-bond donors (Lipinski definition) is 3. The first-order valence-corrected chi connectivity index (χ1v) is 33.4. The Hall–Kier alpha value is -4.29. The molecule has 1 saturated heterocycles. The van der Waals surface area contributed by atoms with Crippen LogP contribution >= 0.6 is 7.82 Å². The summed E-state index contributed by atoms with van der Waals surface area (Å²) in [7, 11) is -4.35. The Bertz CT molecular complexity index is 2740. The smallest absolute Gasteiger partial charge is 0.457 e. The maximum Gasteiger partial charge on any atom is 0.531 e. The molecule has 0 spiro atoms. The van der Waals surface area contributed by atoms with Crippen molar-refractivity contribution in [1.82, 2.24) is 10.2 Å². The Labute approximate surface area is 512 Å². The molecule has 4 saturated carbocycles. The third-order valence-electron chi connectivity index (χ3n) is 18.5. The van der Waals surface area contributed by atoms with Gasteiger partial charge in [0.2, 0.25) is 5.78 Å². The summed E-state index contributed by atoms with van der Waals surface area (Å²) in [6, 6.07) is 15.3. The zero-order valence-electron chi connectivity index (χ0n) is 53.3. The number of Topliss-reactive ketones (excluding diaryl/α,β-unsaturated/α-hetero) is 1. The molecule has 17 nitrogen and oxygen atoms in total. The van der Waals surface area contributed by atoms with E-state index in [0.29, 0.717) is 43.5 Å². The molecule has 0 aromatic heterocycles. The van der Waals surface area contributed by atoms with E-state index < -0.39 is 90.1 Å². The molecule has 0 radical (unpaired) electrons. The number of allylic oxidation sites excluding steroid dienone is 4. The number of phosphoric ester groups is 1. The Kier molecular flexibility index (Phi) is 22.2. The molecule has 86 heavy (non-hydrogen) atoms. The standard InChI is InChI=1S/C68H101N2O15P/c1-63(2,3)82-62(76)70(35-21-12-13-22-36-78-37-23-20-26-46-24-16-14-17-25-46)44-55(73)48-29-32-56(83-86(77,84-64(4,5)6)85-65(7,8)9)49(38-48)42-69-43-59(75)79-45-57(74)68-58(80-61(81-68)47-27-18-15-19-28-47)40-53-52-31-30-50-39-51(71)33-34-66(50,10)60(52)54(72)41-67(53,68)11/h14,16-17,24-25,29,32-34,38-39,47,52-55,58,60-61,69,72-73H,12-13,15,18-23,26-28,30-31,35-37,40-45H2,1-11H3/t52-,53-,54-,55?,58+,60+,61+,66-,67-,68+/m0/s1. The number of nitrogens with one attached hydrogen (secondary N) is 1. The van der Waals surface area contributed by atoms with Gasteiger partial charge < -0.3 is 48.6 Å². The first-order chi connectivity index (χ1) is 40.5. The van der Waals surface area contributed by atoms with E-state index >= 15 is 4.79 Å². The van der Waals surface area contributed by atoms with E-state index in [0.717, 1.165) is 89.2 Å². The van der Waals surface area contributed by atoms with Gasteiger partial charge in [-0.1, -0.05) is 94.0 Å². The number of fused-ring (bicyclic) bond motifs is 7. The average molecular weight is 1220 g/mol.